The zero-order valence-corrected chi connectivity index (χ0v) is 11.9. The Morgan fingerprint density at radius 1 is 1.39 bits per heavy atom. The molecule has 0 radical (unpaired) electrons. The summed E-state index contributed by atoms with van der Waals surface area (Å²) in [6, 6.07) is 0. The van der Waals surface area contributed by atoms with Gasteiger partial charge in [0.15, 0.2) is 5.82 Å². The molecule has 1 heterocycles. The van der Waals surface area contributed by atoms with Gasteiger partial charge in [-0.1, -0.05) is 25.4 Å². The molecule has 1 aromatic heterocycles. The Labute approximate surface area is 113 Å². The van der Waals surface area contributed by atoms with Crippen molar-refractivity contribution in [1.29, 1.82) is 0 Å². The van der Waals surface area contributed by atoms with Crippen molar-refractivity contribution < 1.29 is 4.74 Å². The molecule has 0 aliphatic heterocycles. The number of nitrogens with zero attached hydrogens (tertiary/aromatic N) is 2. The maximum atomic E-state index is 5.98. The highest BCUT2D eigenvalue weighted by Crippen LogP contribution is 2.18. The normalized spacial score (nSPS) is 10.7. The Balaban J connectivity index is 2.26. The summed E-state index contributed by atoms with van der Waals surface area (Å²) in [7, 11) is 1.77. The molecule has 1 aromatic rings. The monoisotopic (exact) mass is 272 g/mol. The van der Waals surface area contributed by atoms with E-state index in [0.29, 0.717) is 35.9 Å². The summed E-state index contributed by atoms with van der Waals surface area (Å²) in [5.74, 6) is 1.85. The SMILES string of the molecule is CNc1ncc(Cl)c(NCCOCCC(C)C)n1. The van der Waals surface area contributed by atoms with Gasteiger partial charge in [-0.25, -0.2) is 4.98 Å². The van der Waals surface area contributed by atoms with E-state index in [1.54, 1.807) is 13.2 Å². The lowest BCUT2D eigenvalue weighted by molar-refractivity contribution is 0.132. The third-order valence-electron chi connectivity index (χ3n) is 2.35. The summed E-state index contributed by atoms with van der Waals surface area (Å²) >= 11 is 5.98. The van der Waals surface area contributed by atoms with Crippen molar-refractivity contribution in [3.05, 3.63) is 11.2 Å². The lowest BCUT2D eigenvalue weighted by atomic mass is 10.1. The molecule has 0 aliphatic carbocycles. The summed E-state index contributed by atoms with van der Waals surface area (Å²) in [5, 5.41) is 6.50. The smallest absolute Gasteiger partial charge is 0.224 e. The predicted molar refractivity (Wildman–Crippen MR) is 75.4 cm³/mol. The van der Waals surface area contributed by atoms with Crippen LogP contribution < -0.4 is 10.6 Å². The zero-order valence-electron chi connectivity index (χ0n) is 11.2. The van der Waals surface area contributed by atoms with Crippen LogP contribution in [-0.4, -0.2) is 36.8 Å². The molecular weight excluding hydrogens is 252 g/mol. The molecule has 6 heteroatoms. The predicted octanol–water partition coefficient (Wildman–Crippen LogP) is 2.65. The van der Waals surface area contributed by atoms with Crippen LogP contribution in [0, 0.1) is 5.92 Å². The van der Waals surface area contributed by atoms with Crippen LogP contribution in [-0.2, 0) is 4.74 Å². The standard InChI is InChI=1S/C12H21ClN4O/c1-9(2)4-6-18-7-5-15-11-10(13)8-16-12(14-3)17-11/h8-9H,4-7H2,1-3H3,(H2,14,15,16,17). The van der Waals surface area contributed by atoms with Gasteiger partial charge in [-0.3, -0.25) is 0 Å². The molecule has 0 fully saturated rings. The van der Waals surface area contributed by atoms with Crippen LogP contribution in [0.2, 0.25) is 5.02 Å². The highest BCUT2D eigenvalue weighted by atomic mass is 35.5. The molecule has 5 nitrogen and oxygen atoms in total. The average Bonchev–Trinajstić information content (AvgIpc) is 2.35. The topological polar surface area (TPSA) is 59.1 Å². The maximum Gasteiger partial charge on any atom is 0.224 e. The molecule has 0 bridgehead atoms. The van der Waals surface area contributed by atoms with Gasteiger partial charge in [0.05, 0.1) is 12.8 Å². The minimum Gasteiger partial charge on any atom is -0.380 e. The van der Waals surface area contributed by atoms with Gasteiger partial charge in [0.2, 0.25) is 5.95 Å². The van der Waals surface area contributed by atoms with E-state index >= 15 is 0 Å². The quantitative estimate of drug-likeness (QED) is 0.713. The van der Waals surface area contributed by atoms with Gasteiger partial charge in [-0.05, 0) is 12.3 Å². The zero-order chi connectivity index (χ0) is 13.4. The average molecular weight is 273 g/mol. The lowest BCUT2D eigenvalue weighted by Gasteiger charge is -2.09. The van der Waals surface area contributed by atoms with Crippen LogP contribution in [0.3, 0.4) is 0 Å². The first kappa shape index (κ1) is 15.0. The van der Waals surface area contributed by atoms with Crippen LogP contribution in [0.5, 0.6) is 0 Å². The number of anilines is 2. The van der Waals surface area contributed by atoms with Gasteiger partial charge >= 0.3 is 0 Å². The molecule has 0 spiro atoms. The van der Waals surface area contributed by atoms with E-state index in [2.05, 4.69) is 34.4 Å². The molecule has 18 heavy (non-hydrogen) atoms. The number of ether oxygens (including phenoxy) is 1. The largest absolute Gasteiger partial charge is 0.380 e. The first-order chi connectivity index (χ1) is 8.63. The fourth-order valence-electron chi connectivity index (χ4n) is 1.27. The van der Waals surface area contributed by atoms with Crippen LogP contribution in [0.15, 0.2) is 6.20 Å². The van der Waals surface area contributed by atoms with E-state index in [1.165, 1.54) is 0 Å². The molecule has 1 rings (SSSR count). The van der Waals surface area contributed by atoms with Gasteiger partial charge in [-0.2, -0.15) is 4.98 Å². The number of halogens is 1. The Kier molecular flexibility index (Phi) is 6.75. The summed E-state index contributed by atoms with van der Waals surface area (Å²) in [6.45, 7) is 6.47. The van der Waals surface area contributed by atoms with Crippen LogP contribution in [0.4, 0.5) is 11.8 Å². The highest BCUT2D eigenvalue weighted by molar-refractivity contribution is 6.32. The van der Waals surface area contributed by atoms with E-state index in [0.717, 1.165) is 13.0 Å². The second-order valence-electron chi connectivity index (χ2n) is 4.36. The minimum atomic E-state index is 0.510. The number of hydrogen-bond donors (Lipinski definition) is 2. The van der Waals surface area contributed by atoms with E-state index in [9.17, 15) is 0 Å². The Morgan fingerprint density at radius 3 is 2.83 bits per heavy atom. The highest BCUT2D eigenvalue weighted by Gasteiger charge is 2.03. The molecule has 2 N–H and O–H groups in total. The molecule has 0 atom stereocenters. The van der Waals surface area contributed by atoms with E-state index in [-0.39, 0.29) is 0 Å². The summed E-state index contributed by atoms with van der Waals surface area (Å²) in [6.07, 6.45) is 2.65. The van der Waals surface area contributed by atoms with Gasteiger partial charge in [0.25, 0.3) is 0 Å². The van der Waals surface area contributed by atoms with Crippen molar-refractivity contribution in [3.8, 4) is 0 Å². The Hall–Kier alpha value is -1.07. The first-order valence-electron chi connectivity index (χ1n) is 6.15. The fraction of sp³-hybridized carbons (Fsp3) is 0.667. The summed E-state index contributed by atoms with van der Waals surface area (Å²) in [4.78, 5) is 8.23. The number of nitrogens with one attached hydrogen (secondary N) is 2. The van der Waals surface area contributed by atoms with Crippen molar-refractivity contribution in [1.82, 2.24) is 9.97 Å². The van der Waals surface area contributed by atoms with Crippen LogP contribution in [0.25, 0.3) is 0 Å². The lowest BCUT2D eigenvalue weighted by Crippen LogP contribution is -2.12. The van der Waals surface area contributed by atoms with Crippen molar-refractivity contribution in [2.24, 2.45) is 5.92 Å². The van der Waals surface area contributed by atoms with E-state index in [1.807, 2.05) is 0 Å². The van der Waals surface area contributed by atoms with E-state index in [4.69, 9.17) is 16.3 Å². The van der Waals surface area contributed by atoms with Crippen molar-refractivity contribution >= 4 is 23.4 Å². The molecule has 102 valence electrons. The van der Waals surface area contributed by atoms with Crippen molar-refractivity contribution in [2.75, 3.05) is 37.4 Å². The molecule has 0 saturated carbocycles. The summed E-state index contributed by atoms with van der Waals surface area (Å²) < 4.78 is 5.50. The summed E-state index contributed by atoms with van der Waals surface area (Å²) in [5.41, 5.74) is 0. The molecule has 0 amide bonds. The van der Waals surface area contributed by atoms with Gasteiger partial charge in [-0.15, -0.1) is 0 Å². The van der Waals surface area contributed by atoms with Gasteiger partial charge < -0.3 is 15.4 Å². The number of aromatic nitrogens is 2. The second kappa shape index (κ2) is 8.11. The molecule has 0 unspecified atom stereocenters. The Morgan fingerprint density at radius 2 is 2.17 bits per heavy atom. The van der Waals surface area contributed by atoms with E-state index < -0.39 is 0 Å². The minimum absolute atomic E-state index is 0.510. The molecule has 0 aromatic carbocycles. The second-order valence-corrected chi connectivity index (χ2v) is 4.77. The molecule has 0 aliphatic rings. The van der Waals surface area contributed by atoms with Crippen molar-refractivity contribution in [2.45, 2.75) is 20.3 Å². The number of hydrogen-bond acceptors (Lipinski definition) is 5. The fourth-order valence-corrected chi connectivity index (χ4v) is 1.43. The number of rotatable bonds is 8. The maximum absolute atomic E-state index is 5.98. The third kappa shape index (κ3) is 5.51. The van der Waals surface area contributed by atoms with Crippen LogP contribution in [0.1, 0.15) is 20.3 Å². The molecular formula is C12H21ClN4O. The van der Waals surface area contributed by atoms with Crippen molar-refractivity contribution in [3.63, 3.8) is 0 Å². The molecule has 0 saturated heterocycles. The van der Waals surface area contributed by atoms with Gasteiger partial charge in [0, 0.05) is 20.2 Å². The first-order valence-corrected chi connectivity index (χ1v) is 6.53. The third-order valence-corrected chi connectivity index (χ3v) is 2.62. The van der Waals surface area contributed by atoms with Crippen LogP contribution >= 0.6 is 11.6 Å². The Bertz CT molecular complexity index is 360. The van der Waals surface area contributed by atoms with Gasteiger partial charge in [0.1, 0.15) is 5.02 Å².